The number of carbonyl (C=O) groups excluding carboxylic acids is 2. The zero-order valence-corrected chi connectivity index (χ0v) is 8.78. The van der Waals surface area contributed by atoms with Gasteiger partial charge < -0.3 is 5.32 Å². The topological polar surface area (TPSA) is 62.1 Å². The van der Waals surface area contributed by atoms with E-state index in [1.807, 2.05) is 11.6 Å². The molecule has 0 saturated heterocycles. The van der Waals surface area contributed by atoms with E-state index in [0.29, 0.717) is 12.1 Å². The second-order valence-electron chi connectivity index (χ2n) is 3.07. The first kappa shape index (κ1) is 11.2. The third-order valence-electron chi connectivity index (χ3n) is 1.81. The quantitative estimate of drug-likeness (QED) is 0.670. The summed E-state index contributed by atoms with van der Waals surface area (Å²) in [4.78, 5) is 22.5. The van der Waals surface area contributed by atoms with Gasteiger partial charge in [0.25, 0.3) is 5.91 Å². The number of nitrogens with one attached hydrogen (secondary N) is 2. The monoisotopic (exact) mass is 208 g/mol. The molecule has 2 N–H and O–H groups in total. The normalized spacial score (nSPS) is 9.47. The van der Waals surface area contributed by atoms with Crippen molar-refractivity contribution in [3.63, 3.8) is 0 Å². The summed E-state index contributed by atoms with van der Waals surface area (Å²) in [5.41, 5.74) is 0.458. The van der Waals surface area contributed by atoms with E-state index in [0.717, 1.165) is 0 Å². The first-order valence-corrected chi connectivity index (χ1v) is 4.68. The van der Waals surface area contributed by atoms with Gasteiger partial charge in [-0.05, 0) is 6.92 Å². The van der Waals surface area contributed by atoms with Gasteiger partial charge in [0.05, 0.1) is 5.56 Å². The fraction of sp³-hybridized carbons (Fsp3) is 0.300. The maximum absolute atomic E-state index is 11.5. The molecule has 1 aromatic heterocycles. The standard InChI is InChI=1S/C10H13N3O2/c1-3-11-10(15)12-9(14)8-4-6-13(2)7-5-8/h4-7H,3H2,1-2H3,(H-,11,12,14,15)/p+1. The molecule has 1 rings (SSSR count). The van der Waals surface area contributed by atoms with Gasteiger partial charge in [-0.1, -0.05) is 0 Å². The van der Waals surface area contributed by atoms with Crippen LogP contribution < -0.4 is 15.2 Å². The molecule has 0 aliphatic rings. The van der Waals surface area contributed by atoms with Crippen LogP contribution in [0.4, 0.5) is 4.79 Å². The minimum Gasteiger partial charge on any atom is -0.338 e. The molecule has 0 saturated carbocycles. The van der Waals surface area contributed by atoms with Crippen LogP contribution in [0.1, 0.15) is 17.3 Å². The highest BCUT2D eigenvalue weighted by Crippen LogP contribution is 1.93. The Morgan fingerprint density at radius 1 is 1.33 bits per heavy atom. The van der Waals surface area contributed by atoms with Crippen LogP contribution in [0, 0.1) is 0 Å². The first-order chi connectivity index (χ1) is 7.13. The average Bonchev–Trinajstić information content (AvgIpc) is 2.18. The first-order valence-electron chi connectivity index (χ1n) is 4.68. The molecule has 0 aliphatic carbocycles. The Kier molecular flexibility index (Phi) is 3.79. The summed E-state index contributed by atoms with van der Waals surface area (Å²) >= 11 is 0. The van der Waals surface area contributed by atoms with Crippen molar-refractivity contribution in [2.24, 2.45) is 7.05 Å². The van der Waals surface area contributed by atoms with Crippen LogP contribution in [0.25, 0.3) is 0 Å². The van der Waals surface area contributed by atoms with Crippen molar-refractivity contribution in [1.82, 2.24) is 10.6 Å². The van der Waals surface area contributed by atoms with Gasteiger partial charge in [0.15, 0.2) is 12.4 Å². The Balaban J connectivity index is 2.61. The molecule has 3 amide bonds. The van der Waals surface area contributed by atoms with Gasteiger partial charge in [-0.25, -0.2) is 9.36 Å². The maximum atomic E-state index is 11.5. The van der Waals surface area contributed by atoms with E-state index in [9.17, 15) is 9.59 Å². The third kappa shape index (κ3) is 3.38. The smallest absolute Gasteiger partial charge is 0.321 e. The highest BCUT2D eigenvalue weighted by molar-refractivity contribution is 6.03. The molecular formula is C10H14N3O2+. The molecule has 0 atom stereocenters. The lowest BCUT2D eigenvalue weighted by Crippen LogP contribution is -2.39. The van der Waals surface area contributed by atoms with Crippen molar-refractivity contribution >= 4 is 11.9 Å². The van der Waals surface area contributed by atoms with E-state index in [1.54, 1.807) is 31.5 Å². The Bertz CT molecular complexity index is 359. The number of nitrogens with zero attached hydrogens (tertiary/aromatic N) is 1. The van der Waals surface area contributed by atoms with Crippen molar-refractivity contribution in [3.8, 4) is 0 Å². The van der Waals surface area contributed by atoms with Gasteiger partial charge in [-0.3, -0.25) is 10.1 Å². The molecule has 0 aromatic carbocycles. The van der Waals surface area contributed by atoms with Crippen LogP contribution in [0.3, 0.4) is 0 Å². The number of aromatic nitrogens is 1. The number of pyridine rings is 1. The van der Waals surface area contributed by atoms with E-state index < -0.39 is 11.9 Å². The molecular weight excluding hydrogens is 194 g/mol. The maximum Gasteiger partial charge on any atom is 0.321 e. The second-order valence-corrected chi connectivity index (χ2v) is 3.07. The molecule has 1 heterocycles. The second kappa shape index (κ2) is 5.09. The molecule has 0 bridgehead atoms. The Morgan fingerprint density at radius 3 is 2.47 bits per heavy atom. The molecule has 0 aliphatic heterocycles. The Hall–Kier alpha value is -1.91. The number of amides is 3. The summed E-state index contributed by atoms with van der Waals surface area (Å²) < 4.78 is 1.81. The van der Waals surface area contributed by atoms with Crippen LogP contribution in [-0.4, -0.2) is 18.5 Å². The van der Waals surface area contributed by atoms with Crippen LogP contribution in [0.15, 0.2) is 24.5 Å². The molecule has 0 spiro atoms. The lowest BCUT2D eigenvalue weighted by molar-refractivity contribution is -0.671. The number of urea groups is 1. The number of carbonyl (C=O) groups is 2. The molecule has 5 nitrogen and oxygen atoms in total. The summed E-state index contributed by atoms with van der Waals surface area (Å²) in [5.74, 6) is -0.401. The number of aryl methyl sites for hydroxylation is 1. The van der Waals surface area contributed by atoms with Crippen LogP contribution in [0.5, 0.6) is 0 Å². The predicted molar refractivity (Wildman–Crippen MR) is 54.2 cm³/mol. The molecule has 0 radical (unpaired) electrons. The van der Waals surface area contributed by atoms with Crippen LogP contribution >= 0.6 is 0 Å². The molecule has 5 heteroatoms. The molecule has 0 fully saturated rings. The minimum absolute atomic E-state index is 0.401. The van der Waals surface area contributed by atoms with Gasteiger partial charge in [0.1, 0.15) is 7.05 Å². The van der Waals surface area contributed by atoms with Gasteiger partial charge >= 0.3 is 6.03 Å². The van der Waals surface area contributed by atoms with Gasteiger partial charge in [0.2, 0.25) is 0 Å². The fourth-order valence-corrected chi connectivity index (χ4v) is 1.03. The number of imide groups is 1. The van der Waals surface area contributed by atoms with Crippen LogP contribution in [-0.2, 0) is 7.05 Å². The Morgan fingerprint density at radius 2 is 1.93 bits per heavy atom. The van der Waals surface area contributed by atoms with Crippen molar-refractivity contribution in [1.29, 1.82) is 0 Å². The van der Waals surface area contributed by atoms with Gasteiger partial charge in [-0.2, -0.15) is 0 Å². The summed E-state index contributed by atoms with van der Waals surface area (Å²) in [6.07, 6.45) is 3.49. The van der Waals surface area contributed by atoms with Crippen molar-refractivity contribution in [2.45, 2.75) is 6.92 Å². The average molecular weight is 208 g/mol. The summed E-state index contributed by atoms with van der Waals surface area (Å²) in [7, 11) is 1.85. The number of rotatable bonds is 2. The predicted octanol–water partition coefficient (Wildman–Crippen LogP) is -0.0296. The largest absolute Gasteiger partial charge is 0.338 e. The SMILES string of the molecule is CCNC(=O)NC(=O)c1cc[n+](C)cc1. The Labute approximate surface area is 88.1 Å². The van der Waals surface area contributed by atoms with E-state index in [1.165, 1.54) is 0 Å². The zero-order valence-electron chi connectivity index (χ0n) is 8.78. The van der Waals surface area contributed by atoms with Crippen molar-refractivity contribution in [2.75, 3.05) is 6.54 Å². The van der Waals surface area contributed by atoms with E-state index in [-0.39, 0.29) is 0 Å². The highest BCUT2D eigenvalue weighted by Gasteiger charge is 2.09. The zero-order chi connectivity index (χ0) is 11.3. The summed E-state index contributed by atoms with van der Waals surface area (Å²) in [6.45, 7) is 2.27. The molecule has 15 heavy (non-hydrogen) atoms. The van der Waals surface area contributed by atoms with Crippen molar-refractivity contribution in [3.05, 3.63) is 30.1 Å². The number of hydrogen-bond acceptors (Lipinski definition) is 2. The molecule has 1 aromatic rings. The number of hydrogen-bond donors (Lipinski definition) is 2. The molecule has 0 unspecified atom stereocenters. The van der Waals surface area contributed by atoms with E-state index in [4.69, 9.17) is 0 Å². The lowest BCUT2D eigenvalue weighted by Gasteiger charge is -2.03. The van der Waals surface area contributed by atoms with Gasteiger partial charge in [0, 0.05) is 18.7 Å². The van der Waals surface area contributed by atoms with Crippen LogP contribution in [0.2, 0.25) is 0 Å². The lowest BCUT2D eigenvalue weighted by atomic mass is 10.2. The van der Waals surface area contributed by atoms with Crippen molar-refractivity contribution < 1.29 is 14.2 Å². The third-order valence-corrected chi connectivity index (χ3v) is 1.81. The summed E-state index contributed by atoms with van der Waals surface area (Å²) in [6, 6.07) is 2.82. The molecule has 80 valence electrons. The fourth-order valence-electron chi connectivity index (χ4n) is 1.03. The minimum atomic E-state index is -0.476. The van der Waals surface area contributed by atoms with E-state index >= 15 is 0 Å². The highest BCUT2D eigenvalue weighted by atomic mass is 16.2. The van der Waals surface area contributed by atoms with E-state index in [2.05, 4.69) is 10.6 Å². The summed E-state index contributed by atoms with van der Waals surface area (Å²) in [5, 5.41) is 4.70. The van der Waals surface area contributed by atoms with Gasteiger partial charge in [-0.15, -0.1) is 0 Å².